The molecule has 0 saturated carbocycles. The van der Waals surface area contributed by atoms with E-state index < -0.39 is 0 Å². The lowest BCUT2D eigenvalue weighted by atomic mass is 10.0. The van der Waals surface area contributed by atoms with E-state index in [9.17, 15) is 4.79 Å². The van der Waals surface area contributed by atoms with Gasteiger partial charge in [0.1, 0.15) is 5.82 Å². The molecule has 1 saturated heterocycles. The fraction of sp³-hybridized carbons (Fsp3) is 0.458. The topological polar surface area (TPSA) is 76.8 Å². The van der Waals surface area contributed by atoms with Crippen molar-refractivity contribution in [2.45, 2.75) is 69.1 Å². The van der Waals surface area contributed by atoms with Crippen molar-refractivity contribution in [3.8, 4) is 5.69 Å². The normalized spacial score (nSPS) is 16.2. The lowest BCUT2D eigenvalue weighted by Crippen LogP contribution is -2.42. The third-order valence-electron chi connectivity index (χ3n) is 5.73. The summed E-state index contributed by atoms with van der Waals surface area (Å²) in [5, 5.41) is 10.4. The first-order valence-electron chi connectivity index (χ1n) is 11.3. The van der Waals surface area contributed by atoms with Crippen LogP contribution in [0.3, 0.4) is 0 Å². The standard InChI is InChI=1S/C24H30N6OS2/c1-16-8-10-20(11-9-16)30-21(14-32-23-25-17(2)13-18(3)26-23)27-28-24(30)33-15-22(31)29-12-6-5-7-19(29)4/h8-11,13,19H,5-7,12,14-15H2,1-4H3. The third kappa shape index (κ3) is 5.95. The molecule has 1 amide bonds. The number of amides is 1. The molecule has 1 aliphatic rings. The van der Waals surface area contributed by atoms with Crippen molar-refractivity contribution in [3.05, 3.63) is 53.1 Å². The highest BCUT2D eigenvalue weighted by Crippen LogP contribution is 2.27. The predicted octanol–water partition coefficient (Wildman–Crippen LogP) is 4.77. The maximum Gasteiger partial charge on any atom is 0.233 e. The third-order valence-corrected chi connectivity index (χ3v) is 7.49. The molecule has 0 radical (unpaired) electrons. The summed E-state index contributed by atoms with van der Waals surface area (Å²) < 4.78 is 2.05. The average molecular weight is 483 g/mol. The van der Waals surface area contributed by atoms with Gasteiger partial charge < -0.3 is 4.90 Å². The van der Waals surface area contributed by atoms with Gasteiger partial charge in [-0.15, -0.1) is 10.2 Å². The van der Waals surface area contributed by atoms with E-state index in [0.29, 0.717) is 17.5 Å². The number of hydrogen-bond acceptors (Lipinski definition) is 7. The number of hydrogen-bond donors (Lipinski definition) is 0. The molecule has 2 aromatic heterocycles. The smallest absolute Gasteiger partial charge is 0.233 e. The number of rotatable bonds is 7. The van der Waals surface area contributed by atoms with E-state index in [0.717, 1.165) is 52.6 Å². The summed E-state index contributed by atoms with van der Waals surface area (Å²) >= 11 is 3.00. The molecule has 3 aromatic rings. The molecule has 1 aliphatic heterocycles. The second kappa shape index (κ2) is 10.7. The van der Waals surface area contributed by atoms with E-state index in [-0.39, 0.29) is 5.91 Å². The van der Waals surface area contributed by atoms with Crippen LogP contribution in [0.25, 0.3) is 5.69 Å². The molecule has 174 valence electrons. The van der Waals surface area contributed by atoms with E-state index in [2.05, 4.69) is 58.3 Å². The van der Waals surface area contributed by atoms with Gasteiger partial charge in [-0.05, 0) is 65.2 Å². The number of likely N-dealkylation sites (tertiary alicyclic amines) is 1. The number of nitrogens with zero attached hydrogens (tertiary/aromatic N) is 6. The van der Waals surface area contributed by atoms with Crippen LogP contribution in [0.15, 0.2) is 40.6 Å². The molecule has 0 bridgehead atoms. The molecule has 7 nitrogen and oxygen atoms in total. The van der Waals surface area contributed by atoms with Crippen LogP contribution in [-0.4, -0.2) is 53.9 Å². The van der Waals surface area contributed by atoms with Gasteiger partial charge in [-0.3, -0.25) is 9.36 Å². The lowest BCUT2D eigenvalue weighted by Gasteiger charge is -2.33. The van der Waals surface area contributed by atoms with Crippen molar-refractivity contribution in [1.82, 2.24) is 29.6 Å². The zero-order valence-electron chi connectivity index (χ0n) is 19.6. The van der Waals surface area contributed by atoms with Gasteiger partial charge in [-0.2, -0.15) is 0 Å². The Morgan fingerprint density at radius 2 is 1.76 bits per heavy atom. The Labute approximate surface area is 203 Å². The first-order valence-corrected chi connectivity index (χ1v) is 13.3. The number of carbonyl (C=O) groups is 1. The van der Waals surface area contributed by atoms with Gasteiger partial charge >= 0.3 is 0 Å². The molecule has 0 aliphatic carbocycles. The fourth-order valence-corrected chi connectivity index (χ4v) is 5.72. The van der Waals surface area contributed by atoms with Gasteiger partial charge in [0.25, 0.3) is 0 Å². The molecule has 1 fully saturated rings. The zero-order valence-corrected chi connectivity index (χ0v) is 21.2. The van der Waals surface area contributed by atoms with Crippen molar-refractivity contribution in [3.63, 3.8) is 0 Å². The van der Waals surface area contributed by atoms with Gasteiger partial charge in [0.05, 0.1) is 11.5 Å². The molecule has 1 unspecified atom stereocenters. The van der Waals surface area contributed by atoms with Gasteiger partial charge in [0.2, 0.25) is 5.91 Å². The Kier molecular flexibility index (Phi) is 7.70. The largest absolute Gasteiger partial charge is 0.339 e. The lowest BCUT2D eigenvalue weighted by molar-refractivity contribution is -0.131. The minimum absolute atomic E-state index is 0.171. The Hall–Kier alpha value is -2.39. The van der Waals surface area contributed by atoms with Crippen molar-refractivity contribution in [2.24, 2.45) is 0 Å². The minimum atomic E-state index is 0.171. The Morgan fingerprint density at radius 1 is 1.03 bits per heavy atom. The number of thioether (sulfide) groups is 2. The van der Waals surface area contributed by atoms with Crippen LogP contribution in [-0.2, 0) is 10.5 Å². The Balaban J connectivity index is 1.54. The summed E-state index contributed by atoms with van der Waals surface area (Å²) in [6.45, 7) is 9.01. The molecule has 1 aromatic carbocycles. The molecule has 4 rings (SSSR count). The molecule has 0 spiro atoms. The summed E-state index contributed by atoms with van der Waals surface area (Å²) in [4.78, 5) is 23.9. The van der Waals surface area contributed by atoms with Crippen LogP contribution >= 0.6 is 23.5 Å². The van der Waals surface area contributed by atoms with Crippen LogP contribution in [0.1, 0.15) is 49.0 Å². The zero-order chi connectivity index (χ0) is 23.4. The van der Waals surface area contributed by atoms with E-state index >= 15 is 0 Å². The molecule has 1 atom stereocenters. The van der Waals surface area contributed by atoms with Crippen molar-refractivity contribution in [1.29, 1.82) is 0 Å². The van der Waals surface area contributed by atoms with Crippen LogP contribution in [0, 0.1) is 20.8 Å². The maximum absolute atomic E-state index is 12.9. The highest BCUT2D eigenvalue weighted by atomic mass is 32.2. The number of carbonyl (C=O) groups excluding carboxylic acids is 1. The van der Waals surface area contributed by atoms with Crippen molar-refractivity contribution < 1.29 is 4.79 Å². The van der Waals surface area contributed by atoms with Gasteiger partial charge in [-0.1, -0.05) is 41.2 Å². The van der Waals surface area contributed by atoms with Crippen molar-refractivity contribution >= 4 is 29.4 Å². The SMILES string of the molecule is Cc1ccc(-n2c(CSc3nc(C)cc(C)n3)nnc2SCC(=O)N2CCCCC2C)cc1. The first kappa shape index (κ1) is 23.8. The fourth-order valence-electron chi connectivity index (χ4n) is 4.01. The molecular formula is C24H30N6OS2. The molecular weight excluding hydrogens is 452 g/mol. The highest BCUT2D eigenvalue weighted by molar-refractivity contribution is 7.99. The Morgan fingerprint density at radius 3 is 2.45 bits per heavy atom. The number of aromatic nitrogens is 5. The molecule has 3 heterocycles. The van der Waals surface area contributed by atoms with E-state index in [4.69, 9.17) is 0 Å². The summed E-state index contributed by atoms with van der Waals surface area (Å²) in [6, 6.07) is 10.6. The minimum Gasteiger partial charge on any atom is -0.339 e. The summed E-state index contributed by atoms with van der Waals surface area (Å²) in [5.41, 5.74) is 4.08. The Bertz CT molecular complexity index is 1090. The van der Waals surface area contributed by atoms with E-state index in [1.165, 1.54) is 23.7 Å². The van der Waals surface area contributed by atoms with Gasteiger partial charge in [0, 0.05) is 29.7 Å². The second-order valence-corrected chi connectivity index (χ2v) is 10.4. The molecule has 0 N–H and O–H groups in total. The number of aryl methyl sites for hydroxylation is 3. The van der Waals surface area contributed by atoms with Gasteiger partial charge in [-0.25, -0.2) is 9.97 Å². The van der Waals surface area contributed by atoms with E-state index in [1.807, 2.05) is 29.4 Å². The second-order valence-electron chi connectivity index (χ2n) is 8.51. The van der Waals surface area contributed by atoms with Crippen LogP contribution < -0.4 is 0 Å². The molecule has 33 heavy (non-hydrogen) atoms. The van der Waals surface area contributed by atoms with Crippen LogP contribution in [0.2, 0.25) is 0 Å². The highest BCUT2D eigenvalue weighted by Gasteiger charge is 2.24. The summed E-state index contributed by atoms with van der Waals surface area (Å²) in [7, 11) is 0. The summed E-state index contributed by atoms with van der Waals surface area (Å²) in [5.74, 6) is 1.93. The van der Waals surface area contributed by atoms with Crippen LogP contribution in [0.4, 0.5) is 0 Å². The first-order chi connectivity index (χ1) is 15.9. The van der Waals surface area contributed by atoms with Gasteiger partial charge in [0.15, 0.2) is 10.3 Å². The predicted molar refractivity (Wildman–Crippen MR) is 133 cm³/mol. The molecule has 9 heteroatoms. The van der Waals surface area contributed by atoms with E-state index in [1.54, 1.807) is 11.8 Å². The number of benzene rings is 1. The summed E-state index contributed by atoms with van der Waals surface area (Å²) in [6.07, 6.45) is 3.37. The number of piperidine rings is 1. The van der Waals surface area contributed by atoms with Crippen molar-refractivity contribution in [2.75, 3.05) is 12.3 Å². The maximum atomic E-state index is 12.9. The quantitative estimate of drug-likeness (QED) is 0.355. The average Bonchev–Trinajstić information content (AvgIpc) is 3.19. The monoisotopic (exact) mass is 482 g/mol. The van der Waals surface area contributed by atoms with Crippen LogP contribution in [0.5, 0.6) is 0 Å².